The van der Waals surface area contributed by atoms with Crippen molar-refractivity contribution in [2.24, 2.45) is 0 Å². The van der Waals surface area contributed by atoms with Crippen LogP contribution in [0, 0.1) is 0 Å². The van der Waals surface area contributed by atoms with Crippen LogP contribution in [0.4, 0.5) is 18.9 Å². The standard InChI is InChI=1S/C15H18F3NO4/c1-4-22-12(20)14(3,13(21)23-5-2)9-6-7-11(19)10(8-9)15(16,17)18/h6-8H,4-5,19H2,1-3H3. The molecule has 0 aliphatic rings. The number of esters is 2. The van der Waals surface area contributed by atoms with E-state index in [1.54, 1.807) is 0 Å². The second-order valence-corrected chi connectivity index (χ2v) is 4.87. The molecule has 0 fully saturated rings. The average Bonchev–Trinajstić information content (AvgIpc) is 2.46. The summed E-state index contributed by atoms with van der Waals surface area (Å²) in [6.07, 6.45) is -4.72. The third-order valence-electron chi connectivity index (χ3n) is 3.30. The Morgan fingerprint density at radius 2 is 1.57 bits per heavy atom. The van der Waals surface area contributed by atoms with Gasteiger partial charge in [-0.3, -0.25) is 9.59 Å². The summed E-state index contributed by atoms with van der Waals surface area (Å²) >= 11 is 0. The monoisotopic (exact) mass is 333 g/mol. The second kappa shape index (κ2) is 6.89. The van der Waals surface area contributed by atoms with Gasteiger partial charge < -0.3 is 15.2 Å². The second-order valence-electron chi connectivity index (χ2n) is 4.87. The maximum Gasteiger partial charge on any atom is 0.418 e. The van der Waals surface area contributed by atoms with Gasteiger partial charge in [-0.25, -0.2) is 0 Å². The van der Waals surface area contributed by atoms with Gasteiger partial charge in [0, 0.05) is 5.69 Å². The van der Waals surface area contributed by atoms with Crippen LogP contribution in [-0.2, 0) is 30.7 Å². The summed E-state index contributed by atoms with van der Waals surface area (Å²) in [5.74, 6) is -1.98. The maximum absolute atomic E-state index is 13.0. The zero-order valence-electron chi connectivity index (χ0n) is 13.0. The van der Waals surface area contributed by atoms with Gasteiger partial charge in [-0.05, 0) is 38.5 Å². The van der Waals surface area contributed by atoms with Gasteiger partial charge in [0.2, 0.25) is 0 Å². The van der Waals surface area contributed by atoms with Crippen LogP contribution in [0.2, 0.25) is 0 Å². The number of ether oxygens (including phenoxy) is 2. The number of carbonyl (C=O) groups is 2. The van der Waals surface area contributed by atoms with Crippen molar-refractivity contribution >= 4 is 17.6 Å². The summed E-state index contributed by atoms with van der Waals surface area (Å²) < 4.78 is 48.7. The van der Waals surface area contributed by atoms with Crippen molar-refractivity contribution in [1.29, 1.82) is 0 Å². The number of hydrogen-bond donors (Lipinski definition) is 1. The molecule has 2 N–H and O–H groups in total. The molecule has 0 aromatic heterocycles. The highest BCUT2D eigenvalue weighted by atomic mass is 19.4. The van der Waals surface area contributed by atoms with Crippen LogP contribution in [0.1, 0.15) is 31.9 Å². The van der Waals surface area contributed by atoms with Crippen molar-refractivity contribution in [3.8, 4) is 0 Å². The number of halogens is 3. The Morgan fingerprint density at radius 1 is 1.09 bits per heavy atom. The molecule has 0 aliphatic heterocycles. The first-order chi connectivity index (χ1) is 10.6. The summed E-state index contributed by atoms with van der Waals surface area (Å²) in [5, 5.41) is 0. The molecular weight excluding hydrogens is 315 g/mol. The number of carbonyl (C=O) groups excluding carboxylic acids is 2. The molecule has 128 valence electrons. The number of benzene rings is 1. The van der Waals surface area contributed by atoms with E-state index in [1.807, 2.05) is 0 Å². The zero-order chi connectivity index (χ0) is 17.8. The minimum Gasteiger partial charge on any atom is -0.465 e. The van der Waals surface area contributed by atoms with Gasteiger partial charge in [-0.15, -0.1) is 0 Å². The average molecular weight is 333 g/mol. The first-order valence-electron chi connectivity index (χ1n) is 6.90. The number of nitrogens with two attached hydrogens (primary N) is 1. The molecule has 0 heterocycles. The molecule has 1 aromatic rings. The molecule has 0 bridgehead atoms. The Kier molecular flexibility index (Phi) is 5.63. The molecule has 1 aromatic carbocycles. The van der Waals surface area contributed by atoms with E-state index in [1.165, 1.54) is 19.9 Å². The van der Waals surface area contributed by atoms with Crippen molar-refractivity contribution in [3.63, 3.8) is 0 Å². The number of hydrogen-bond acceptors (Lipinski definition) is 5. The van der Waals surface area contributed by atoms with Crippen LogP contribution in [0.3, 0.4) is 0 Å². The topological polar surface area (TPSA) is 78.6 Å². The third kappa shape index (κ3) is 3.75. The van der Waals surface area contributed by atoms with Crippen LogP contribution in [0.25, 0.3) is 0 Å². The van der Waals surface area contributed by atoms with E-state index in [0.717, 1.165) is 13.0 Å². The first-order valence-corrected chi connectivity index (χ1v) is 6.90. The van der Waals surface area contributed by atoms with Gasteiger partial charge in [0.15, 0.2) is 5.41 Å². The number of alkyl halides is 3. The van der Waals surface area contributed by atoms with E-state index in [4.69, 9.17) is 15.2 Å². The van der Waals surface area contributed by atoms with Gasteiger partial charge >= 0.3 is 18.1 Å². The Labute approximate surface area is 131 Å². The molecule has 0 unspecified atom stereocenters. The largest absolute Gasteiger partial charge is 0.465 e. The molecule has 0 amide bonds. The summed E-state index contributed by atoms with van der Waals surface area (Å²) in [6.45, 7) is 4.14. The van der Waals surface area contributed by atoms with E-state index in [2.05, 4.69) is 0 Å². The molecule has 0 saturated carbocycles. The molecule has 0 saturated heterocycles. The molecule has 0 atom stereocenters. The van der Waals surface area contributed by atoms with Gasteiger partial charge in [0.05, 0.1) is 18.8 Å². The molecule has 5 nitrogen and oxygen atoms in total. The number of nitrogen functional groups attached to an aromatic ring is 1. The Bertz CT molecular complexity index is 581. The van der Waals surface area contributed by atoms with Gasteiger partial charge in [-0.1, -0.05) is 6.07 Å². The Morgan fingerprint density at radius 3 is 1.96 bits per heavy atom. The van der Waals surface area contributed by atoms with E-state index >= 15 is 0 Å². The smallest absolute Gasteiger partial charge is 0.418 e. The summed E-state index contributed by atoms with van der Waals surface area (Å²) in [4.78, 5) is 24.4. The van der Waals surface area contributed by atoms with Gasteiger partial charge in [-0.2, -0.15) is 13.2 Å². The van der Waals surface area contributed by atoms with Crippen molar-refractivity contribution in [3.05, 3.63) is 29.3 Å². The first kappa shape index (κ1) is 18.8. The maximum atomic E-state index is 13.0. The lowest BCUT2D eigenvalue weighted by molar-refractivity contribution is -0.164. The summed E-state index contributed by atoms with van der Waals surface area (Å²) in [7, 11) is 0. The third-order valence-corrected chi connectivity index (χ3v) is 3.30. The zero-order valence-corrected chi connectivity index (χ0v) is 13.0. The molecule has 23 heavy (non-hydrogen) atoms. The fraction of sp³-hybridized carbons (Fsp3) is 0.467. The lowest BCUT2D eigenvalue weighted by Crippen LogP contribution is -2.43. The van der Waals surface area contributed by atoms with Crippen molar-refractivity contribution < 1.29 is 32.2 Å². The lowest BCUT2D eigenvalue weighted by Gasteiger charge is -2.26. The van der Waals surface area contributed by atoms with Gasteiger partial charge in [0.1, 0.15) is 0 Å². The predicted molar refractivity (Wildman–Crippen MR) is 76.5 cm³/mol. The lowest BCUT2D eigenvalue weighted by atomic mass is 9.81. The molecule has 0 aliphatic carbocycles. The molecule has 0 radical (unpaired) electrons. The number of anilines is 1. The van der Waals surface area contributed by atoms with E-state index in [9.17, 15) is 22.8 Å². The van der Waals surface area contributed by atoms with Crippen molar-refractivity contribution in [1.82, 2.24) is 0 Å². The normalized spacial score (nSPS) is 11.9. The Hall–Kier alpha value is -2.25. The molecule has 0 spiro atoms. The van der Waals surface area contributed by atoms with Crippen LogP contribution in [0.5, 0.6) is 0 Å². The summed E-state index contributed by atoms with van der Waals surface area (Å²) in [6, 6.07) is 2.84. The van der Waals surface area contributed by atoms with Crippen LogP contribution in [0.15, 0.2) is 18.2 Å². The van der Waals surface area contributed by atoms with E-state index in [0.29, 0.717) is 6.07 Å². The molecule has 8 heteroatoms. The van der Waals surface area contributed by atoms with E-state index < -0.39 is 34.8 Å². The molecule has 1 rings (SSSR count). The van der Waals surface area contributed by atoms with Crippen LogP contribution < -0.4 is 5.73 Å². The van der Waals surface area contributed by atoms with Crippen LogP contribution >= 0.6 is 0 Å². The van der Waals surface area contributed by atoms with E-state index in [-0.39, 0.29) is 18.8 Å². The fourth-order valence-electron chi connectivity index (χ4n) is 1.98. The van der Waals surface area contributed by atoms with Gasteiger partial charge in [0.25, 0.3) is 0 Å². The predicted octanol–water partition coefficient (Wildman–Crippen LogP) is 2.67. The quantitative estimate of drug-likeness (QED) is 0.509. The minimum atomic E-state index is -4.72. The summed E-state index contributed by atoms with van der Waals surface area (Å²) in [5.41, 5.74) is 1.49. The van der Waals surface area contributed by atoms with Crippen LogP contribution in [-0.4, -0.2) is 25.2 Å². The molecular formula is C15H18F3NO4. The minimum absolute atomic E-state index is 0.0328. The highest BCUT2D eigenvalue weighted by Crippen LogP contribution is 2.37. The van der Waals surface area contributed by atoms with Crippen molar-refractivity contribution in [2.75, 3.05) is 18.9 Å². The SMILES string of the molecule is CCOC(=O)C(C)(C(=O)OCC)c1ccc(N)c(C(F)(F)F)c1. The van der Waals surface area contributed by atoms with Crippen molar-refractivity contribution in [2.45, 2.75) is 32.4 Å². The fourth-order valence-corrected chi connectivity index (χ4v) is 1.98. The highest BCUT2D eigenvalue weighted by Gasteiger charge is 2.47. The highest BCUT2D eigenvalue weighted by molar-refractivity contribution is 6.06. The Balaban J connectivity index is 3.49. The number of rotatable bonds is 5.